The summed E-state index contributed by atoms with van der Waals surface area (Å²) >= 11 is 0. The number of carbonyl (C=O) groups excluding carboxylic acids is 1. The van der Waals surface area contributed by atoms with Crippen molar-refractivity contribution in [3.63, 3.8) is 0 Å². The molecule has 1 saturated carbocycles. The highest BCUT2D eigenvalue weighted by Gasteiger charge is 2.47. The fourth-order valence-corrected chi connectivity index (χ4v) is 4.77. The third-order valence-electron chi connectivity index (χ3n) is 6.94. The zero-order valence-electron chi connectivity index (χ0n) is 20.3. The molecule has 0 unspecified atom stereocenters. The van der Waals surface area contributed by atoms with Gasteiger partial charge in [0.15, 0.2) is 0 Å². The van der Waals surface area contributed by atoms with Crippen molar-refractivity contribution >= 4 is 5.91 Å². The van der Waals surface area contributed by atoms with Crippen LogP contribution in [0.25, 0.3) is 0 Å². The van der Waals surface area contributed by atoms with Crippen molar-refractivity contribution in [2.75, 3.05) is 7.11 Å². The molecule has 36 heavy (non-hydrogen) atoms. The minimum absolute atomic E-state index is 0.0368. The second kappa shape index (κ2) is 10.7. The third kappa shape index (κ3) is 6.52. The standard InChI is InChI=1S/C26H30F6N2O2/c1-16(2)24(8-7-21(13-24)33-14-17-5-4-6-22(11-17)36-3)23(35)34-15-18-9-19(25(27,28)29)12-20(10-18)26(30,31)32/h4-6,9-12,16,21,33H,7-8,13-15H2,1-3H3,(H,34,35)/t21-,24+/m1/s1. The summed E-state index contributed by atoms with van der Waals surface area (Å²) in [6, 6.07) is 9.00. The van der Waals surface area contributed by atoms with Crippen molar-refractivity contribution in [3.8, 4) is 5.75 Å². The number of benzene rings is 2. The van der Waals surface area contributed by atoms with Crippen LogP contribution in [0.3, 0.4) is 0 Å². The number of alkyl halides is 6. The molecule has 0 heterocycles. The maximum Gasteiger partial charge on any atom is 0.416 e. The van der Waals surface area contributed by atoms with Gasteiger partial charge in [-0.2, -0.15) is 26.3 Å². The Balaban J connectivity index is 1.70. The molecule has 0 bridgehead atoms. The van der Waals surface area contributed by atoms with Gasteiger partial charge in [0.25, 0.3) is 0 Å². The molecule has 0 spiro atoms. The molecule has 198 valence electrons. The van der Waals surface area contributed by atoms with Crippen LogP contribution in [0.15, 0.2) is 42.5 Å². The molecule has 2 aromatic rings. The molecule has 1 fully saturated rings. The van der Waals surface area contributed by atoms with Crippen LogP contribution in [0, 0.1) is 11.3 Å². The Labute approximate surface area is 206 Å². The molecular weight excluding hydrogens is 486 g/mol. The van der Waals surface area contributed by atoms with Gasteiger partial charge >= 0.3 is 12.4 Å². The van der Waals surface area contributed by atoms with Crippen LogP contribution in [0.5, 0.6) is 5.75 Å². The SMILES string of the molecule is COc1cccc(CN[C@@H]2CC[C@@](C(=O)NCc3cc(C(F)(F)F)cc(C(F)(F)F)c3)(C(C)C)C2)c1. The Bertz CT molecular complexity index is 1030. The summed E-state index contributed by atoms with van der Waals surface area (Å²) in [5.74, 6) is 0.294. The summed E-state index contributed by atoms with van der Waals surface area (Å²) in [5.41, 5.74) is -2.81. The van der Waals surface area contributed by atoms with E-state index in [-0.39, 0.29) is 29.5 Å². The van der Waals surface area contributed by atoms with Crippen LogP contribution in [0.1, 0.15) is 55.4 Å². The zero-order valence-corrected chi connectivity index (χ0v) is 20.3. The van der Waals surface area contributed by atoms with E-state index in [2.05, 4.69) is 10.6 Å². The number of carbonyl (C=O) groups is 1. The first-order chi connectivity index (χ1) is 16.7. The molecule has 0 aliphatic heterocycles. The van der Waals surface area contributed by atoms with E-state index in [0.29, 0.717) is 31.5 Å². The largest absolute Gasteiger partial charge is 0.497 e. The Kier molecular flexibility index (Phi) is 8.27. The second-order valence-electron chi connectivity index (χ2n) is 9.58. The van der Waals surface area contributed by atoms with Crippen LogP contribution >= 0.6 is 0 Å². The Morgan fingerprint density at radius 3 is 2.19 bits per heavy atom. The quantitative estimate of drug-likeness (QED) is 0.403. The van der Waals surface area contributed by atoms with Crippen LogP contribution in [-0.4, -0.2) is 19.1 Å². The van der Waals surface area contributed by atoms with E-state index >= 15 is 0 Å². The van der Waals surface area contributed by atoms with E-state index in [4.69, 9.17) is 4.74 Å². The summed E-state index contributed by atoms with van der Waals surface area (Å²) < 4.78 is 84.2. The second-order valence-corrected chi connectivity index (χ2v) is 9.58. The number of methoxy groups -OCH3 is 1. The molecule has 4 nitrogen and oxygen atoms in total. The predicted molar refractivity (Wildman–Crippen MR) is 123 cm³/mol. The number of nitrogens with one attached hydrogen (secondary N) is 2. The minimum Gasteiger partial charge on any atom is -0.497 e. The number of hydrogen-bond acceptors (Lipinski definition) is 3. The summed E-state index contributed by atoms with van der Waals surface area (Å²) in [5, 5.41) is 6.06. The van der Waals surface area contributed by atoms with Gasteiger partial charge in [-0.3, -0.25) is 4.79 Å². The Morgan fingerprint density at radius 2 is 1.64 bits per heavy atom. The van der Waals surface area contributed by atoms with E-state index in [0.717, 1.165) is 17.7 Å². The lowest BCUT2D eigenvalue weighted by molar-refractivity contribution is -0.143. The molecule has 10 heteroatoms. The molecule has 1 aliphatic rings. The van der Waals surface area contributed by atoms with Crippen LogP contribution in [0.2, 0.25) is 0 Å². The lowest BCUT2D eigenvalue weighted by Gasteiger charge is -2.32. The molecule has 0 saturated heterocycles. The van der Waals surface area contributed by atoms with E-state index in [1.54, 1.807) is 7.11 Å². The van der Waals surface area contributed by atoms with Gasteiger partial charge in [0.1, 0.15) is 5.75 Å². The van der Waals surface area contributed by atoms with Crippen molar-refractivity contribution in [2.45, 2.75) is 64.6 Å². The van der Waals surface area contributed by atoms with Crippen LogP contribution in [-0.2, 0) is 30.2 Å². The molecule has 1 aliphatic carbocycles. The van der Waals surface area contributed by atoms with E-state index in [1.165, 1.54) is 0 Å². The Hall–Kier alpha value is -2.75. The van der Waals surface area contributed by atoms with Crippen molar-refractivity contribution < 1.29 is 35.9 Å². The molecular formula is C26H30F6N2O2. The van der Waals surface area contributed by atoms with Crippen LogP contribution < -0.4 is 15.4 Å². The lowest BCUT2D eigenvalue weighted by Crippen LogP contribution is -2.43. The first-order valence-electron chi connectivity index (χ1n) is 11.7. The molecule has 2 atom stereocenters. The van der Waals surface area contributed by atoms with E-state index < -0.39 is 35.4 Å². The number of ether oxygens (including phenoxy) is 1. The van der Waals surface area contributed by atoms with Crippen molar-refractivity contribution in [2.24, 2.45) is 11.3 Å². The average molecular weight is 517 g/mol. The van der Waals surface area contributed by atoms with Crippen molar-refractivity contribution in [1.82, 2.24) is 10.6 Å². The van der Waals surface area contributed by atoms with Crippen molar-refractivity contribution in [1.29, 1.82) is 0 Å². The van der Waals surface area contributed by atoms with Gasteiger partial charge in [-0.15, -0.1) is 0 Å². The topological polar surface area (TPSA) is 50.4 Å². The van der Waals surface area contributed by atoms with Gasteiger partial charge in [0, 0.05) is 19.1 Å². The average Bonchev–Trinajstić information content (AvgIpc) is 3.26. The summed E-state index contributed by atoms with van der Waals surface area (Å²) in [4.78, 5) is 13.2. The maximum atomic E-state index is 13.2. The van der Waals surface area contributed by atoms with Gasteiger partial charge in [0.05, 0.1) is 23.7 Å². The van der Waals surface area contributed by atoms with Gasteiger partial charge in [-0.1, -0.05) is 26.0 Å². The summed E-state index contributed by atoms with van der Waals surface area (Å²) in [6.07, 6.45) is -8.09. The normalized spacial score (nSPS) is 20.6. The van der Waals surface area contributed by atoms with Gasteiger partial charge in [-0.05, 0) is 66.6 Å². The Morgan fingerprint density at radius 1 is 1.00 bits per heavy atom. The summed E-state index contributed by atoms with van der Waals surface area (Å²) in [7, 11) is 1.59. The minimum atomic E-state index is -4.94. The molecule has 3 rings (SSSR count). The molecule has 2 aromatic carbocycles. The monoisotopic (exact) mass is 516 g/mol. The predicted octanol–water partition coefficient (Wildman–Crippen LogP) is 6.33. The smallest absolute Gasteiger partial charge is 0.416 e. The summed E-state index contributed by atoms with van der Waals surface area (Å²) in [6.45, 7) is 3.94. The fraction of sp³-hybridized carbons (Fsp3) is 0.500. The maximum absolute atomic E-state index is 13.2. The highest BCUT2D eigenvalue weighted by Crippen LogP contribution is 2.45. The molecule has 2 N–H and O–H groups in total. The van der Waals surface area contributed by atoms with Gasteiger partial charge < -0.3 is 15.4 Å². The highest BCUT2D eigenvalue weighted by molar-refractivity contribution is 5.83. The fourth-order valence-electron chi connectivity index (χ4n) is 4.77. The molecule has 0 aromatic heterocycles. The molecule has 0 radical (unpaired) electrons. The van der Waals surface area contributed by atoms with E-state index in [1.807, 2.05) is 38.1 Å². The van der Waals surface area contributed by atoms with E-state index in [9.17, 15) is 31.1 Å². The number of amides is 1. The number of halogens is 6. The number of hydrogen-bond donors (Lipinski definition) is 2. The first kappa shape index (κ1) is 27.8. The highest BCUT2D eigenvalue weighted by atomic mass is 19.4. The van der Waals surface area contributed by atoms with Gasteiger partial charge in [0.2, 0.25) is 5.91 Å². The number of rotatable bonds is 8. The van der Waals surface area contributed by atoms with Gasteiger partial charge in [-0.25, -0.2) is 0 Å². The van der Waals surface area contributed by atoms with Crippen LogP contribution in [0.4, 0.5) is 26.3 Å². The zero-order chi connectivity index (χ0) is 26.7. The lowest BCUT2D eigenvalue weighted by atomic mass is 9.74. The first-order valence-corrected chi connectivity index (χ1v) is 11.7. The third-order valence-corrected chi connectivity index (χ3v) is 6.94. The molecule has 1 amide bonds. The van der Waals surface area contributed by atoms with Crippen molar-refractivity contribution in [3.05, 3.63) is 64.7 Å².